The number of halogens is 1. The minimum atomic E-state index is 0.473. The van der Waals surface area contributed by atoms with E-state index in [2.05, 4.69) is 20.8 Å². The first-order valence-corrected chi connectivity index (χ1v) is 8.38. The molecule has 0 spiro atoms. The van der Waals surface area contributed by atoms with Crippen LogP contribution in [0, 0.1) is 0 Å². The molecule has 22 heavy (non-hydrogen) atoms. The Morgan fingerprint density at radius 3 is 2.82 bits per heavy atom. The monoisotopic (exact) mass is 334 g/mol. The van der Waals surface area contributed by atoms with Gasteiger partial charge in [-0.3, -0.25) is 5.43 Å². The fourth-order valence-electron chi connectivity index (χ4n) is 2.84. The van der Waals surface area contributed by atoms with Gasteiger partial charge in [-0.05, 0) is 31.1 Å². The molecule has 4 nitrogen and oxygen atoms in total. The lowest BCUT2D eigenvalue weighted by Gasteiger charge is -2.23. The normalized spacial score (nSPS) is 16.2. The molecule has 0 saturated heterocycles. The molecule has 0 radical (unpaired) electrons. The Balaban J connectivity index is 1.58. The quantitative estimate of drug-likeness (QED) is 0.452. The molecule has 0 aliphatic heterocycles. The van der Waals surface area contributed by atoms with Crippen molar-refractivity contribution in [3.8, 4) is 0 Å². The van der Waals surface area contributed by atoms with Crippen molar-refractivity contribution < 1.29 is 0 Å². The average Bonchev–Trinajstić information content (AvgIpc) is 2.85. The zero-order valence-corrected chi connectivity index (χ0v) is 13.8. The topological polar surface area (TPSA) is 52.2 Å². The van der Waals surface area contributed by atoms with Crippen LogP contribution in [-0.2, 0) is 0 Å². The molecule has 6 heteroatoms. The van der Waals surface area contributed by atoms with Crippen LogP contribution in [0.2, 0.25) is 5.02 Å². The van der Waals surface area contributed by atoms with E-state index in [9.17, 15) is 0 Å². The van der Waals surface area contributed by atoms with Crippen molar-refractivity contribution in [2.24, 2.45) is 5.10 Å². The summed E-state index contributed by atoms with van der Waals surface area (Å²) in [7, 11) is 0. The highest BCUT2D eigenvalue weighted by molar-refractivity contribution is 7.80. The molecule has 0 unspecified atom stereocenters. The van der Waals surface area contributed by atoms with E-state index < -0.39 is 0 Å². The number of nitrogens with one attached hydrogen (secondary N) is 3. The minimum absolute atomic E-state index is 0.473. The summed E-state index contributed by atoms with van der Waals surface area (Å²) in [6.45, 7) is 0. The fraction of sp³-hybridized carbons (Fsp3) is 0.375. The van der Waals surface area contributed by atoms with Gasteiger partial charge in [-0.2, -0.15) is 5.10 Å². The van der Waals surface area contributed by atoms with Crippen molar-refractivity contribution in [2.45, 2.75) is 38.1 Å². The number of hydrazone groups is 1. The van der Waals surface area contributed by atoms with Crippen molar-refractivity contribution in [1.82, 2.24) is 15.7 Å². The number of nitrogens with zero attached hydrogens (tertiary/aromatic N) is 1. The van der Waals surface area contributed by atoms with Gasteiger partial charge in [0, 0.05) is 16.9 Å². The lowest BCUT2D eigenvalue weighted by molar-refractivity contribution is 0.412. The van der Waals surface area contributed by atoms with Crippen LogP contribution in [0.3, 0.4) is 0 Å². The first-order valence-electron chi connectivity index (χ1n) is 7.60. The first-order chi connectivity index (χ1) is 10.7. The molecule has 3 N–H and O–H groups in total. The van der Waals surface area contributed by atoms with E-state index in [1.165, 1.54) is 32.1 Å². The molecule has 2 aromatic rings. The van der Waals surface area contributed by atoms with Gasteiger partial charge in [-0.1, -0.05) is 49.1 Å². The van der Waals surface area contributed by atoms with E-state index in [0.717, 1.165) is 16.6 Å². The molecular formula is C16H19ClN4S. The number of H-pyrrole nitrogens is 1. The van der Waals surface area contributed by atoms with Crippen LogP contribution in [0.25, 0.3) is 10.9 Å². The Morgan fingerprint density at radius 1 is 1.27 bits per heavy atom. The first kappa shape index (κ1) is 15.3. The van der Waals surface area contributed by atoms with E-state index in [1.54, 1.807) is 6.21 Å². The van der Waals surface area contributed by atoms with Crippen LogP contribution in [0.4, 0.5) is 0 Å². The summed E-state index contributed by atoms with van der Waals surface area (Å²) in [5.41, 5.74) is 4.63. The van der Waals surface area contributed by atoms with Gasteiger partial charge in [-0.25, -0.2) is 0 Å². The maximum absolute atomic E-state index is 6.33. The van der Waals surface area contributed by atoms with Gasteiger partial charge in [-0.15, -0.1) is 0 Å². The molecule has 1 aliphatic rings. The second-order valence-electron chi connectivity index (χ2n) is 5.58. The van der Waals surface area contributed by atoms with Gasteiger partial charge in [0.2, 0.25) is 0 Å². The molecule has 1 aliphatic carbocycles. The smallest absolute Gasteiger partial charge is 0.187 e. The maximum Gasteiger partial charge on any atom is 0.187 e. The summed E-state index contributed by atoms with van der Waals surface area (Å²) in [6.07, 6.45) is 7.90. The number of aromatic nitrogens is 1. The van der Waals surface area contributed by atoms with Crippen LogP contribution in [0.5, 0.6) is 0 Å². The van der Waals surface area contributed by atoms with Gasteiger partial charge in [0.05, 0.1) is 16.9 Å². The van der Waals surface area contributed by atoms with Gasteiger partial charge < -0.3 is 10.3 Å². The lowest BCUT2D eigenvalue weighted by atomic mass is 9.96. The Hall–Kier alpha value is -1.59. The largest absolute Gasteiger partial charge is 0.359 e. The van der Waals surface area contributed by atoms with Crippen LogP contribution in [-0.4, -0.2) is 22.4 Å². The van der Waals surface area contributed by atoms with Crippen molar-refractivity contribution in [1.29, 1.82) is 0 Å². The van der Waals surface area contributed by atoms with E-state index in [4.69, 9.17) is 23.8 Å². The van der Waals surface area contributed by atoms with Crippen LogP contribution in [0.15, 0.2) is 29.4 Å². The molecule has 116 valence electrons. The number of benzene rings is 1. The average molecular weight is 335 g/mol. The van der Waals surface area contributed by atoms with Crippen molar-refractivity contribution >= 4 is 46.0 Å². The molecule has 1 aromatic heterocycles. The third-order valence-electron chi connectivity index (χ3n) is 3.97. The summed E-state index contributed by atoms with van der Waals surface area (Å²) in [4.78, 5) is 3.23. The molecule has 1 fully saturated rings. The van der Waals surface area contributed by atoms with Gasteiger partial charge in [0.15, 0.2) is 5.11 Å². The van der Waals surface area contributed by atoms with Gasteiger partial charge in [0.25, 0.3) is 0 Å². The highest BCUT2D eigenvalue weighted by Gasteiger charge is 2.13. The zero-order chi connectivity index (χ0) is 15.4. The highest BCUT2D eigenvalue weighted by Crippen LogP contribution is 2.25. The summed E-state index contributed by atoms with van der Waals surface area (Å²) >= 11 is 11.6. The predicted molar refractivity (Wildman–Crippen MR) is 96.6 cm³/mol. The third-order valence-corrected chi connectivity index (χ3v) is 4.59. The van der Waals surface area contributed by atoms with Crippen molar-refractivity contribution in [3.63, 3.8) is 0 Å². The van der Waals surface area contributed by atoms with Crippen molar-refractivity contribution in [2.75, 3.05) is 0 Å². The Kier molecular flexibility index (Phi) is 4.95. The molecule has 3 rings (SSSR count). The molecule has 0 atom stereocenters. The van der Waals surface area contributed by atoms with E-state index in [0.29, 0.717) is 16.2 Å². The highest BCUT2D eigenvalue weighted by atomic mass is 35.5. The third kappa shape index (κ3) is 3.59. The molecule has 1 aromatic carbocycles. The number of thiocarbonyl (C=S) groups is 1. The minimum Gasteiger partial charge on any atom is -0.359 e. The Bertz CT molecular complexity index is 689. The van der Waals surface area contributed by atoms with Crippen LogP contribution >= 0.6 is 23.8 Å². The second kappa shape index (κ2) is 7.11. The maximum atomic E-state index is 6.33. The number of rotatable bonds is 3. The molecular weight excluding hydrogens is 316 g/mol. The van der Waals surface area contributed by atoms with E-state index in [-0.39, 0.29) is 0 Å². The Morgan fingerprint density at radius 2 is 2.05 bits per heavy atom. The summed E-state index contributed by atoms with van der Waals surface area (Å²) in [5, 5.41) is 9.71. The van der Waals surface area contributed by atoms with Gasteiger partial charge >= 0.3 is 0 Å². The van der Waals surface area contributed by atoms with Gasteiger partial charge in [0.1, 0.15) is 0 Å². The van der Waals surface area contributed by atoms with Crippen LogP contribution in [0.1, 0.15) is 37.8 Å². The molecule has 1 heterocycles. The fourth-order valence-corrected chi connectivity index (χ4v) is 3.32. The SMILES string of the molecule is S=C(NN=Cc1[nH]c2ccccc2c1Cl)NC1CCCCC1. The number of fused-ring (bicyclic) bond motifs is 1. The molecule has 1 saturated carbocycles. The van der Waals surface area contributed by atoms with Crippen LogP contribution < -0.4 is 10.7 Å². The van der Waals surface area contributed by atoms with E-state index >= 15 is 0 Å². The summed E-state index contributed by atoms with van der Waals surface area (Å²) in [6, 6.07) is 8.37. The Labute approximate surface area is 140 Å². The zero-order valence-electron chi connectivity index (χ0n) is 12.2. The second-order valence-corrected chi connectivity index (χ2v) is 6.36. The lowest BCUT2D eigenvalue weighted by Crippen LogP contribution is -2.40. The predicted octanol–water partition coefficient (Wildman–Crippen LogP) is 3.95. The molecule has 0 amide bonds. The van der Waals surface area contributed by atoms with E-state index in [1.807, 2.05) is 24.3 Å². The van der Waals surface area contributed by atoms with Crippen molar-refractivity contribution in [3.05, 3.63) is 35.0 Å². The number of hydrogen-bond donors (Lipinski definition) is 3. The summed E-state index contributed by atoms with van der Waals surface area (Å²) in [5.74, 6) is 0. The number of hydrogen-bond acceptors (Lipinski definition) is 2. The standard InChI is InChI=1S/C16H19ClN4S/c17-15-12-8-4-5-9-13(12)20-14(15)10-18-21-16(22)19-11-6-2-1-3-7-11/h4-5,8-11,20H,1-3,6-7H2,(H2,19,21,22). The number of para-hydroxylation sites is 1. The molecule has 0 bridgehead atoms. The number of aromatic amines is 1. The summed E-state index contributed by atoms with van der Waals surface area (Å²) < 4.78 is 0.